The van der Waals surface area contributed by atoms with E-state index in [1.807, 2.05) is 13.0 Å². The van der Waals surface area contributed by atoms with E-state index < -0.39 is 6.10 Å². The number of aryl methyl sites for hydroxylation is 2. The molecule has 1 N–H and O–H groups in total. The topological polar surface area (TPSA) is 47.6 Å². The molecule has 3 rings (SSSR count). The second kappa shape index (κ2) is 9.96. The number of amides is 1. The molecule has 0 spiro atoms. The standard InChI is InChI=1S/C22H33NO3/c1-2-21(22(24)23-14-7-15-25-19-10-5-6-11-19)26-20-13-12-17-8-3-4-9-18(17)16-20/h12-13,16,19,21H,2-11,14-15H2,1H3,(H,23,24). The number of carbonyl (C=O) groups is 1. The van der Waals surface area contributed by atoms with Crippen LogP contribution in [0.25, 0.3) is 0 Å². The van der Waals surface area contributed by atoms with Crippen molar-refractivity contribution in [1.29, 1.82) is 0 Å². The Labute approximate surface area is 157 Å². The number of benzene rings is 1. The largest absolute Gasteiger partial charge is 0.481 e. The Morgan fingerprint density at radius 1 is 1.15 bits per heavy atom. The maximum atomic E-state index is 12.4. The Morgan fingerprint density at radius 3 is 2.69 bits per heavy atom. The van der Waals surface area contributed by atoms with Gasteiger partial charge in [-0.2, -0.15) is 0 Å². The summed E-state index contributed by atoms with van der Waals surface area (Å²) in [6, 6.07) is 6.30. The first-order valence-corrected chi connectivity index (χ1v) is 10.4. The lowest BCUT2D eigenvalue weighted by Crippen LogP contribution is -2.38. The molecule has 0 aromatic heterocycles. The minimum absolute atomic E-state index is 0.0221. The lowest BCUT2D eigenvalue weighted by molar-refractivity contribution is -0.128. The van der Waals surface area contributed by atoms with Crippen LogP contribution in [0.2, 0.25) is 0 Å². The smallest absolute Gasteiger partial charge is 0.261 e. The summed E-state index contributed by atoms with van der Waals surface area (Å²) in [6.07, 6.45) is 11.3. The van der Waals surface area contributed by atoms with Crippen molar-refractivity contribution in [3.05, 3.63) is 29.3 Å². The van der Waals surface area contributed by atoms with E-state index in [4.69, 9.17) is 9.47 Å². The zero-order valence-corrected chi connectivity index (χ0v) is 16.1. The summed E-state index contributed by atoms with van der Waals surface area (Å²) in [5.74, 6) is 0.795. The summed E-state index contributed by atoms with van der Waals surface area (Å²) >= 11 is 0. The number of hydrogen-bond acceptors (Lipinski definition) is 3. The van der Waals surface area contributed by atoms with Gasteiger partial charge in [-0.3, -0.25) is 4.79 Å². The summed E-state index contributed by atoms with van der Waals surface area (Å²) in [4.78, 5) is 12.4. The van der Waals surface area contributed by atoms with E-state index in [-0.39, 0.29) is 5.91 Å². The quantitative estimate of drug-likeness (QED) is 0.673. The van der Waals surface area contributed by atoms with Crippen LogP contribution >= 0.6 is 0 Å². The van der Waals surface area contributed by atoms with Gasteiger partial charge in [0.15, 0.2) is 6.10 Å². The molecule has 0 aliphatic heterocycles. The zero-order chi connectivity index (χ0) is 18.2. The van der Waals surface area contributed by atoms with E-state index in [0.717, 1.165) is 31.6 Å². The monoisotopic (exact) mass is 359 g/mol. The first-order chi connectivity index (χ1) is 12.8. The highest BCUT2D eigenvalue weighted by molar-refractivity contribution is 5.81. The molecule has 1 aromatic carbocycles. The Balaban J connectivity index is 1.40. The Hall–Kier alpha value is -1.55. The second-order valence-electron chi connectivity index (χ2n) is 7.57. The molecule has 1 saturated carbocycles. The third-order valence-corrected chi connectivity index (χ3v) is 5.54. The molecule has 0 radical (unpaired) electrons. The fourth-order valence-electron chi connectivity index (χ4n) is 3.97. The first kappa shape index (κ1) is 19.2. The summed E-state index contributed by atoms with van der Waals surface area (Å²) in [6.45, 7) is 3.37. The van der Waals surface area contributed by atoms with Crippen molar-refractivity contribution < 1.29 is 14.3 Å². The predicted octanol–water partition coefficient (Wildman–Crippen LogP) is 4.19. The number of fused-ring (bicyclic) bond motifs is 1. The number of hydrogen-bond donors (Lipinski definition) is 1. The second-order valence-corrected chi connectivity index (χ2v) is 7.57. The number of ether oxygens (including phenoxy) is 2. The maximum absolute atomic E-state index is 12.4. The van der Waals surface area contributed by atoms with Crippen molar-refractivity contribution >= 4 is 5.91 Å². The van der Waals surface area contributed by atoms with E-state index >= 15 is 0 Å². The van der Waals surface area contributed by atoms with Gasteiger partial charge in [-0.15, -0.1) is 0 Å². The van der Waals surface area contributed by atoms with Crippen LogP contribution in [0.4, 0.5) is 0 Å². The van der Waals surface area contributed by atoms with Crippen molar-refractivity contribution in [2.45, 2.75) is 83.3 Å². The number of carbonyl (C=O) groups excluding carboxylic acids is 1. The molecule has 1 amide bonds. The van der Waals surface area contributed by atoms with Crippen molar-refractivity contribution in [1.82, 2.24) is 5.32 Å². The van der Waals surface area contributed by atoms with Crippen LogP contribution in [0.1, 0.15) is 69.4 Å². The van der Waals surface area contributed by atoms with Crippen LogP contribution in [-0.4, -0.2) is 31.3 Å². The number of rotatable bonds is 9. The average Bonchev–Trinajstić information content (AvgIpc) is 3.19. The Kier molecular flexibility index (Phi) is 7.36. The fraction of sp³-hybridized carbons (Fsp3) is 0.682. The fourth-order valence-corrected chi connectivity index (χ4v) is 3.97. The summed E-state index contributed by atoms with van der Waals surface area (Å²) in [5.41, 5.74) is 2.82. The van der Waals surface area contributed by atoms with Gasteiger partial charge in [-0.1, -0.05) is 25.8 Å². The molecule has 1 fully saturated rings. The van der Waals surface area contributed by atoms with Gasteiger partial charge in [0, 0.05) is 13.2 Å². The first-order valence-electron chi connectivity index (χ1n) is 10.4. The van der Waals surface area contributed by atoms with Gasteiger partial charge in [0.1, 0.15) is 5.75 Å². The van der Waals surface area contributed by atoms with Crippen molar-refractivity contribution in [2.24, 2.45) is 0 Å². The molecule has 0 bridgehead atoms. The molecule has 4 nitrogen and oxygen atoms in total. The molecule has 0 heterocycles. The molecule has 1 atom stereocenters. The van der Waals surface area contributed by atoms with Crippen LogP contribution < -0.4 is 10.1 Å². The van der Waals surface area contributed by atoms with Crippen LogP contribution in [0.3, 0.4) is 0 Å². The minimum Gasteiger partial charge on any atom is -0.481 e. The van der Waals surface area contributed by atoms with Gasteiger partial charge in [-0.25, -0.2) is 0 Å². The zero-order valence-electron chi connectivity index (χ0n) is 16.1. The lowest BCUT2D eigenvalue weighted by Gasteiger charge is -2.20. The Bertz CT molecular complexity index is 581. The highest BCUT2D eigenvalue weighted by Gasteiger charge is 2.19. The van der Waals surface area contributed by atoms with E-state index in [1.165, 1.54) is 49.7 Å². The van der Waals surface area contributed by atoms with E-state index in [1.54, 1.807) is 0 Å². The van der Waals surface area contributed by atoms with Crippen LogP contribution in [0, 0.1) is 0 Å². The highest BCUT2D eigenvalue weighted by Crippen LogP contribution is 2.26. The van der Waals surface area contributed by atoms with Gasteiger partial charge >= 0.3 is 0 Å². The van der Waals surface area contributed by atoms with Gasteiger partial charge in [0.05, 0.1) is 6.10 Å². The summed E-state index contributed by atoms with van der Waals surface area (Å²) in [5, 5.41) is 3.00. The SMILES string of the molecule is CCC(Oc1ccc2c(c1)CCCC2)C(=O)NCCCOC1CCCC1. The van der Waals surface area contributed by atoms with Gasteiger partial charge in [-0.05, 0) is 74.6 Å². The van der Waals surface area contributed by atoms with Crippen molar-refractivity contribution in [3.63, 3.8) is 0 Å². The molecule has 2 aliphatic carbocycles. The van der Waals surface area contributed by atoms with E-state index in [2.05, 4.69) is 17.4 Å². The molecule has 144 valence electrons. The summed E-state index contributed by atoms with van der Waals surface area (Å²) < 4.78 is 11.8. The van der Waals surface area contributed by atoms with Gasteiger partial charge in [0.25, 0.3) is 5.91 Å². The minimum atomic E-state index is -0.424. The highest BCUT2D eigenvalue weighted by atomic mass is 16.5. The van der Waals surface area contributed by atoms with Crippen LogP contribution in [-0.2, 0) is 22.4 Å². The molecule has 1 unspecified atom stereocenters. The molecule has 0 saturated heterocycles. The predicted molar refractivity (Wildman–Crippen MR) is 104 cm³/mol. The van der Waals surface area contributed by atoms with Crippen molar-refractivity contribution in [2.75, 3.05) is 13.2 Å². The Morgan fingerprint density at radius 2 is 1.92 bits per heavy atom. The summed E-state index contributed by atoms with van der Waals surface area (Å²) in [7, 11) is 0. The van der Waals surface area contributed by atoms with E-state index in [9.17, 15) is 4.79 Å². The maximum Gasteiger partial charge on any atom is 0.261 e. The molecule has 2 aliphatic rings. The molecular weight excluding hydrogens is 326 g/mol. The molecular formula is C22H33NO3. The van der Waals surface area contributed by atoms with Crippen LogP contribution in [0.15, 0.2) is 18.2 Å². The molecule has 1 aromatic rings. The lowest BCUT2D eigenvalue weighted by atomic mass is 9.92. The third kappa shape index (κ3) is 5.47. The third-order valence-electron chi connectivity index (χ3n) is 5.54. The molecule has 26 heavy (non-hydrogen) atoms. The van der Waals surface area contributed by atoms with E-state index in [0.29, 0.717) is 19.1 Å². The van der Waals surface area contributed by atoms with Gasteiger partial charge < -0.3 is 14.8 Å². The van der Waals surface area contributed by atoms with Gasteiger partial charge in [0.2, 0.25) is 0 Å². The normalized spacial score (nSPS) is 18.3. The number of nitrogens with one attached hydrogen (secondary N) is 1. The van der Waals surface area contributed by atoms with Crippen LogP contribution in [0.5, 0.6) is 5.75 Å². The molecule has 4 heteroatoms. The van der Waals surface area contributed by atoms with Crippen molar-refractivity contribution in [3.8, 4) is 5.75 Å². The average molecular weight is 360 g/mol.